The van der Waals surface area contributed by atoms with Crippen molar-refractivity contribution in [3.8, 4) is 11.5 Å². The molecule has 120 valence electrons. The van der Waals surface area contributed by atoms with Crippen molar-refractivity contribution in [2.75, 3.05) is 27.8 Å². The first-order valence-corrected chi connectivity index (χ1v) is 8.24. The molecular formula is C19H21NO3. The van der Waals surface area contributed by atoms with Crippen LogP contribution in [0.2, 0.25) is 0 Å². The summed E-state index contributed by atoms with van der Waals surface area (Å²) in [4.78, 5) is 2.48. The van der Waals surface area contributed by atoms with Gasteiger partial charge in [-0.25, -0.2) is 0 Å². The average Bonchev–Trinajstić information content (AvgIpc) is 2.92. The summed E-state index contributed by atoms with van der Waals surface area (Å²) >= 11 is 0. The lowest BCUT2D eigenvalue weighted by molar-refractivity contribution is 0.0734. The second-order valence-electron chi connectivity index (χ2n) is 6.95. The third-order valence-corrected chi connectivity index (χ3v) is 6.16. The Balaban J connectivity index is 1.84. The highest BCUT2D eigenvalue weighted by Crippen LogP contribution is 2.62. The van der Waals surface area contributed by atoms with Gasteiger partial charge in [-0.3, -0.25) is 4.90 Å². The summed E-state index contributed by atoms with van der Waals surface area (Å²) in [7, 11) is 5.68. The number of nitrogens with zero attached hydrogens (tertiary/aromatic N) is 1. The molecule has 1 fully saturated rings. The molecule has 0 amide bonds. The van der Waals surface area contributed by atoms with E-state index in [0.29, 0.717) is 6.04 Å². The highest BCUT2D eigenvalue weighted by Gasteiger charge is 2.61. The number of methoxy groups -OCH3 is 2. The molecule has 2 aliphatic heterocycles. The topological polar surface area (TPSA) is 30.9 Å². The van der Waals surface area contributed by atoms with Crippen molar-refractivity contribution >= 4 is 0 Å². The highest BCUT2D eigenvalue weighted by atomic mass is 16.6. The van der Waals surface area contributed by atoms with Gasteiger partial charge < -0.3 is 14.2 Å². The minimum absolute atomic E-state index is 0.0611. The van der Waals surface area contributed by atoms with Gasteiger partial charge in [0.2, 0.25) is 0 Å². The molecule has 2 bridgehead atoms. The molecule has 2 aliphatic carbocycles. The van der Waals surface area contributed by atoms with Gasteiger partial charge in [0, 0.05) is 11.6 Å². The molecule has 1 aromatic rings. The molecule has 0 N–H and O–H groups in total. The third kappa shape index (κ3) is 1.41. The molecule has 23 heavy (non-hydrogen) atoms. The second-order valence-corrected chi connectivity index (χ2v) is 6.95. The van der Waals surface area contributed by atoms with Gasteiger partial charge in [0.05, 0.1) is 19.6 Å². The van der Waals surface area contributed by atoms with Gasteiger partial charge in [-0.2, -0.15) is 0 Å². The Labute approximate surface area is 136 Å². The summed E-state index contributed by atoms with van der Waals surface area (Å²) < 4.78 is 17.7. The van der Waals surface area contributed by atoms with Crippen LogP contribution < -0.4 is 9.47 Å². The summed E-state index contributed by atoms with van der Waals surface area (Å²) in [6, 6.07) is 4.72. The molecule has 5 rings (SSSR count). The van der Waals surface area contributed by atoms with Crippen LogP contribution in [0.15, 0.2) is 35.6 Å². The maximum Gasteiger partial charge on any atom is 0.169 e. The van der Waals surface area contributed by atoms with E-state index in [9.17, 15) is 0 Å². The molecule has 1 saturated heterocycles. The lowest BCUT2D eigenvalue weighted by Gasteiger charge is -2.52. The standard InChI is InChI=1S/C19H21NO3/c1-20-9-8-19-12-5-7-15(22-3)18(19)23-17-14(21-2)6-4-11(16(17)19)10-13(12)20/h4-7,13,18H,8-10H2,1-3H3/t13?,18?,19-/m1/s1. The zero-order valence-electron chi connectivity index (χ0n) is 13.8. The highest BCUT2D eigenvalue weighted by molar-refractivity contribution is 5.67. The van der Waals surface area contributed by atoms with E-state index in [1.54, 1.807) is 14.2 Å². The van der Waals surface area contributed by atoms with E-state index in [1.165, 1.54) is 16.7 Å². The molecular weight excluding hydrogens is 290 g/mol. The van der Waals surface area contributed by atoms with Gasteiger partial charge in [-0.05, 0) is 49.7 Å². The first kappa shape index (κ1) is 13.5. The summed E-state index contributed by atoms with van der Waals surface area (Å²) in [6.07, 6.45) is 6.41. The predicted molar refractivity (Wildman–Crippen MR) is 87.0 cm³/mol. The van der Waals surface area contributed by atoms with E-state index in [0.717, 1.165) is 36.6 Å². The predicted octanol–water partition coefficient (Wildman–Crippen LogP) is 2.42. The van der Waals surface area contributed by atoms with Crippen LogP contribution in [-0.2, 0) is 16.6 Å². The molecule has 4 aliphatic rings. The first-order valence-electron chi connectivity index (χ1n) is 8.24. The number of ether oxygens (including phenoxy) is 3. The monoisotopic (exact) mass is 311 g/mol. The molecule has 3 atom stereocenters. The van der Waals surface area contributed by atoms with E-state index in [1.807, 2.05) is 6.07 Å². The van der Waals surface area contributed by atoms with Crippen LogP contribution >= 0.6 is 0 Å². The number of likely N-dealkylation sites (N-methyl/N-ethyl adjacent to an activating group) is 1. The lowest BCUT2D eigenvalue weighted by atomic mass is 9.57. The van der Waals surface area contributed by atoms with Gasteiger partial charge in [-0.15, -0.1) is 0 Å². The van der Waals surface area contributed by atoms with Crippen LogP contribution in [0.25, 0.3) is 0 Å². The van der Waals surface area contributed by atoms with Crippen molar-refractivity contribution in [1.29, 1.82) is 0 Å². The normalized spacial score (nSPS) is 33.3. The Morgan fingerprint density at radius 2 is 2.09 bits per heavy atom. The van der Waals surface area contributed by atoms with E-state index in [-0.39, 0.29) is 11.5 Å². The van der Waals surface area contributed by atoms with Gasteiger partial charge in [0.1, 0.15) is 5.76 Å². The number of benzene rings is 1. The van der Waals surface area contributed by atoms with Crippen LogP contribution in [0.1, 0.15) is 17.5 Å². The molecule has 0 radical (unpaired) electrons. The number of rotatable bonds is 2. The quantitative estimate of drug-likeness (QED) is 0.839. The third-order valence-electron chi connectivity index (χ3n) is 6.16. The Hall–Kier alpha value is -1.94. The molecule has 2 unspecified atom stereocenters. The summed E-state index contributed by atoms with van der Waals surface area (Å²) in [5.74, 6) is 2.68. The molecule has 0 aromatic heterocycles. The summed E-state index contributed by atoms with van der Waals surface area (Å²) in [5, 5.41) is 0. The maximum absolute atomic E-state index is 6.46. The Morgan fingerprint density at radius 1 is 1.22 bits per heavy atom. The van der Waals surface area contributed by atoms with Crippen molar-refractivity contribution in [2.45, 2.75) is 30.4 Å². The van der Waals surface area contributed by atoms with Crippen LogP contribution in [-0.4, -0.2) is 44.9 Å². The lowest BCUT2D eigenvalue weighted by Crippen LogP contribution is -2.58. The van der Waals surface area contributed by atoms with Crippen molar-refractivity contribution in [3.63, 3.8) is 0 Å². The first-order chi connectivity index (χ1) is 11.2. The Morgan fingerprint density at radius 3 is 2.87 bits per heavy atom. The summed E-state index contributed by atoms with van der Waals surface area (Å²) in [6.45, 7) is 1.08. The van der Waals surface area contributed by atoms with Gasteiger partial charge in [-0.1, -0.05) is 12.1 Å². The van der Waals surface area contributed by atoms with Crippen molar-refractivity contribution in [2.24, 2.45) is 0 Å². The van der Waals surface area contributed by atoms with E-state index < -0.39 is 0 Å². The van der Waals surface area contributed by atoms with Crippen LogP contribution in [0.4, 0.5) is 0 Å². The van der Waals surface area contributed by atoms with Crippen LogP contribution in [0, 0.1) is 0 Å². The fraction of sp³-hybridized carbons (Fsp3) is 0.474. The molecule has 2 heterocycles. The van der Waals surface area contributed by atoms with E-state index >= 15 is 0 Å². The van der Waals surface area contributed by atoms with Crippen molar-refractivity contribution < 1.29 is 14.2 Å². The summed E-state index contributed by atoms with van der Waals surface area (Å²) in [5.41, 5.74) is 4.15. The van der Waals surface area contributed by atoms with E-state index in [4.69, 9.17) is 14.2 Å². The number of likely N-dealkylation sites (tertiary alicyclic amines) is 1. The zero-order valence-corrected chi connectivity index (χ0v) is 13.8. The minimum Gasteiger partial charge on any atom is -0.497 e. The molecule has 4 nitrogen and oxygen atoms in total. The Kier molecular flexibility index (Phi) is 2.54. The second kappa shape index (κ2) is 4.32. The maximum atomic E-state index is 6.46. The number of allylic oxidation sites excluding steroid dienone is 2. The fourth-order valence-corrected chi connectivity index (χ4v) is 5.10. The number of hydrogen-bond acceptors (Lipinski definition) is 4. The SMILES string of the molecule is COC1=CC=C2C3Cc4ccc(OC)c5c4[C@]2(CCN3C)C1O5. The largest absolute Gasteiger partial charge is 0.497 e. The van der Waals surface area contributed by atoms with Gasteiger partial charge >= 0.3 is 0 Å². The van der Waals surface area contributed by atoms with Crippen molar-refractivity contribution in [1.82, 2.24) is 4.90 Å². The minimum atomic E-state index is -0.0747. The smallest absolute Gasteiger partial charge is 0.169 e. The van der Waals surface area contributed by atoms with Crippen LogP contribution in [0.3, 0.4) is 0 Å². The van der Waals surface area contributed by atoms with Crippen LogP contribution in [0.5, 0.6) is 11.5 Å². The van der Waals surface area contributed by atoms with Gasteiger partial charge in [0.25, 0.3) is 0 Å². The number of piperidine rings is 1. The zero-order chi connectivity index (χ0) is 15.8. The van der Waals surface area contributed by atoms with Gasteiger partial charge in [0.15, 0.2) is 17.6 Å². The van der Waals surface area contributed by atoms with Crippen molar-refractivity contribution in [3.05, 3.63) is 46.7 Å². The number of hydrogen-bond donors (Lipinski definition) is 0. The fourth-order valence-electron chi connectivity index (χ4n) is 5.10. The molecule has 4 heteroatoms. The molecule has 0 saturated carbocycles. The molecule has 1 aromatic carbocycles. The van der Waals surface area contributed by atoms with E-state index in [2.05, 4.69) is 30.2 Å². The molecule has 1 spiro atoms. The Bertz CT molecular complexity index is 766. The average molecular weight is 311 g/mol.